The van der Waals surface area contributed by atoms with Crippen molar-refractivity contribution in [3.63, 3.8) is 0 Å². The minimum atomic E-state index is -0.225. The number of ether oxygens (including phenoxy) is 1. The molecule has 0 aromatic carbocycles. The maximum absolute atomic E-state index is 12.8. The number of hydrogen-bond acceptors (Lipinski definition) is 5. The van der Waals surface area contributed by atoms with Gasteiger partial charge in [-0.05, 0) is 31.0 Å². The number of aromatic nitrogens is 4. The molecule has 0 aliphatic carbocycles. The summed E-state index contributed by atoms with van der Waals surface area (Å²) in [5.74, 6) is 1.15. The van der Waals surface area contributed by atoms with Gasteiger partial charge in [0.1, 0.15) is 23.3 Å². The molecule has 0 saturated carbocycles. The minimum Gasteiger partial charge on any atom is -0.368 e. The summed E-state index contributed by atoms with van der Waals surface area (Å²) in [4.78, 5) is 21.9. The molecule has 2 fully saturated rings. The SMILES string of the molecule is Cn1nccc1C(=O)N1CCO[C@H](c2cn3c(N4CCCC4)cccc3n2)C1. The van der Waals surface area contributed by atoms with Crippen molar-refractivity contribution in [2.24, 2.45) is 7.05 Å². The zero-order chi connectivity index (χ0) is 19.1. The summed E-state index contributed by atoms with van der Waals surface area (Å²) in [6, 6.07) is 7.97. The van der Waals surface area contributed by atoms with E-state index in [9.17, 15) is 4.79 Å². The monoisotopic (exact) mass is 380 g/mol. The van der Waals surface area contributed by atoms with Crippen LogP contribution < -0.4 is 4.90 Å². The fourth-order valence-corrected chi connectivity index (χ4v) is 4.13. The number of pyridine rings is 1. The van der Waals surface area contributed by atoms with Crippen molar-refractivity contribution in [3.8, 4) is 0 Å². The van der Waals surface area contributed by atoms with Crippen LogP contribution in [0, 0.1) is 0 Å². The van der Waals surface area contributed by atoms with Gasteiger partial charge in [-0.1, -0.05) is 6.07 Å². The van der Waals surface area contributed by atoms with Gasteiger partial charge in [0.15, 0.2) is 0 Å². The highest BCUT2D eigenvalue weighted by Gasteiger charge is 2.29. The Morgan fingerprint density at radius 3 is 2.82 bits per heavy atom. The highest BCUT2D eigenvalue weighted by atomic mass is 16.5. The molecule has 146 valence electrons. The van der Waals surface area contributed by atoms with E-state index in [-0.39, 0.29) is 12.0 Å². The van der Waals surface area contributed by atoms with Gasteiger partial charge < -0.3 is 14.5 Å². The molecule has 1 atom stereocenters. The number of nitrogens with zero attached hydrogens (tertiary/aromatic N) is 6. The van der Waals surface area contributed by atoms with Gasteiger partial charge in [0.2, 0.25) is 0 Å². The van der Waals surface area contributed by atoms with Crippen LogP contribution >= 0.6 is 0 Å². The summed E-state index contributed by atoms with van der Waals surface area (Å²) < 4.78 is 9.74. The van der Waals surface area contributed by atoms with Crippen molar-refractivity contribution >= 4 is 17.4 Å². The summed E-state index contributed by atoms with van der Waals surface area (Å²) in [6.45, 7) is 3.74. The predicted octanol–water partition coefficient (Wildman–Crippen LogP) is 1.88. The quantitative estimate of drug-likeness (QED) is 0.694. The molecule has 28 heavy (non-hydrogen) atoms. The smallest absolute Gasteiger partial charge is 0.272 e. The topological polar surface area (TPSA) is 67.9 Å². The van der Waals surface area contributed by atoms with E-state index in [2.05, 4.69) is 32.7 Å². The molecule has 8 heteroatoms. The molecule has 0 radical (unpaired) electrons. The Morgan fingerprint density at radius 1 is 1.18 bits per heavy atom. The van der Waals surface area contributed by atoms with E-state index in [0.29, 0.717) is 25.4 Å². The van der Waals surface area contributed by atoms with Gasteiger partial charge in [-0.3, -0.25) is 13.9 Å². The van der Waals surface area contributed by atoms with E-state index in [1.807, 2.05) is 11.0 Å². The van der Waals surface area contributed by atoms with Crippen molar-refractivity contribution in [2.75, 3.05) is 37.7 Å². The number of carbonyl (C=O) groups is 1. The van der Waals surface area contributed by atoms with Crippen LogP contribution in [0.1, 0.15) is 35.1 Å². The molecule has 2 aliphatic heterocycles. The predicted molar refractivity (Wildman–Crippen MR) is 104 cm³/mol. The third-order valence-electron chi connectivity index (χ3n) is 5.64. The lowest BCUT2D eigenvalue weighted by Gasteiger charge is -2.32. The maximum Gasteiger partial charge on any atom is 0.272 e. The highest BCUT2D eigenvalue weighted by Crippen LogP contribution is 2.27. The van der Waals surface area contributed by atoms with E-state index >= 15 is 0 Å². The number of carbonyl (C=O) groups excluding carboxylic acids is 1. The molecular weight excluding hydrogens is 356 g/mol. The molecule has 2 saturated heterocycles. The van der Waals surface area contributed by atoms with Gasteiger partial charge >= 0.3 is 0 Å². The highest BCUT2D eigenvalue weighted by molar-refractivity contribution is 5.92. The van der Waals surface area contributed by atoms with E-state index in [4.69, 9.17) is 9.72 Å². The van der Waals surface area contributed by atoms with Crippen molar-refractivity contribution in [1.82, 2.24) is 24.1 Å². The van der Waals surface area contributed by atoms with Crippen LogP contribution in [0.2, 0.25) is 0 Å². The molecule has 0 unspecified atom stereocenters. The van der Waals surface area contributed by atoms with Gasteiger partial charge in [-0.25, -0.2) is 4.98 Å². The van der Waals surface area contributed by atoms with Gasteiger partial charge in [0, 0.05) is 39.1 Å². The normalized spacial score (nSPS) is 20.2. The third kappa shape index (κ3) is 2.93. The summed E-state index contributed by atoms with van der Waals surface area (Å²) in [5, 5.41) is 4.10. The molecule has 0 spiro atoms. The van der Waals surface area contributed by atoms with Gasteiger partial charge in [-0.2, -0.15) is 5.10 Å². The third-order valence-corrected chi connectivity index (χ3v) is 5.64. The Balaban J connectivity index is 1.41. The lowest BCUT2D eigenvalue weighted by atomic mass is 10.2. The second-order valence-corrected chi connectivity index (χ2v) is 7.42. The zero-order valence-corrected chi connectivity index (χ0v) is 16.0. The van der Waals surface area contributed by atoms with E-state index in [0.717, 1.165) is 24.4 Å². The molecule has 8 nitrogen and oxygen atoms in total. The lowest BCUT2D eigenvalue weighted by Crippen LogP contribution is -2.43. The summed E-state index contributed by atoms with van der Waals surface area (Å²) in [5.41, 5.74) is 2.37. The van der Waals surface area contributed by atoms with Gasteiger partial charge in [0.25, 0.3) is 5.91 Å². The number of aryl methyl sites for hydroxylation is 1. The first-order valence-electron chi connectivity index (χ1n) is 9.82. The molecule has 1 amide bonds. The van der Waals surface area contributed by atoms with Crippen LogP contribution in [-0.2, 0) is 11.8 Å². The minimum absolute atomic E-state index is 0.0187. The van der Waals surface area contributed by atoms with E-state index in [1.165, 1.54) is 18.7 Å². The van der Waals surface area contributed by atoms with Gasteiger partial charge in [0.05, 0.1) is 18.8 Å². The van der Waals surface area contributed by atoms with Crippen molar-refractivity contribution in [3.05, 3.63) is 48.0 Å². The molecule has 2 aliphatic rings. The largest absolute Gasteiger partial charge is 0.368 e. The number of anilines is 1. The van der Waals surface area contributed by atoms with Crippen LogP contribution in [-0.4, -0.2) is 62.8 Å². The first-order valence-corrected chi connectivity index (χ1v) is 9.82. The summed E-state index contributed by atoms with van der Waals surface area (Å²) in [7, 11) is 1.78. The zero-order valence-electron chi connectivity index (χ0n) is 16.0. The van der Waals surface area contributed by atoms with E-state index in [1.54, 1.807) is 24.0 Å². The molecule has 5 rings (SSSR count). The number of fused-ring (bicyclic) bond motifs is 1. The van der Waals surface area contributed by atoms with Gasteiger partial charge in [-0.15, -0.1) is 0 Å². The number of hydrogen-bond donors (Lipinski definition) is 0. The Bertz CT molecular complexity index is 1000. The number of morpholine rings is 1. The second-order valence-electron chi connectivity index (χ2n) is 7.42. The lowest BCUT2D eigenvalue weighted by molar-refractivity contribution is -0.0248. The van der Waals surface area contributed by atoms with Crippen molar-refractivity contribution in [1.29, 1.82) is 0 Å². The summed E-state index contributed by atoms with van der Waals surface area (Å²) in [6.07, 6.45) is 5.94. The fourth-order valence-electron chi connectivity index (χ4n) is 4.13. The Morgan fingerprint density at radius 2 is 2.04 bits per heavy atom. The number of imidazole rings is 1. The Labute approximate surface area is 163 Å². The molecule has 3 aromatic heterocycles. The Kier molecular flexibility index (Phi) is 4.27. The summed E-state index contributed by atoms with van der Waals surface area (Å²) >= 11 is 0. The fraction of sp³-hybridized carbons (Fsp3) is 0.450. The standard InChI is InChI=1S/C20H24N6O2/c1-23-16(7-8-21-23)20(27)25-11-12-28-17(14-25)15-13-26-18(22-15)5-4-6-19(26)24-9-2-3-10-24/h4-8,13,17H,2-3,9-12,14H2,1H3/t17-/m0/s1. The first kappa shape index (κ1) is 17.2. The van der Waals surface area contributed by atoms with Crippen molar-refractivity contribution in [2.45, 2.75) is 18.9 Å². The average molecular weight is 380 g/mol. The maximum atomic E-state index is 12.8. The number of rotatable bonds is 3. The van der Waals surface area contributed by atoms with E-state index < -0.39 is 0 Å². The second kappa shape index (κ2) is 6.94. The molecule has 0 N–H and O–H groups in total. The molecule has 0 bridgehead atoms. The van der Waals surface area contributed by atoms with Crippen LogP contribution in [0.25, 0.3) is 5.65 Å². The van der Waals surface area contributed by atoms with Crippen LogP contribution in [0.5, 0.6) is 0 Å². The average Bonchev–Trinajstić information content (AvgIpc) is 3.47. The van der Waals surface area contributed by atoms with Crippen LogP contribution in [0.4, 0.5) is 5.82 Å². The Hall–Kier alpha value is -2.87. The van der Waals surface area contributed by atoms with Crippen LogP contribution in [0.15, 0.2) is 36.7 Å². The molecule has 5 heterocycles. The molecule has 3 aromatic rings. The van der Waals surface area contributed by atoms with Crippen LogP contribution in [0.3, 0.4) is 0 Å². The molecular formula is C20H24N6O2. The van der Waals surface area contributed by atoms with Crippen molar-refractivity contribution < 1.29 is 9.53 Å². The first-order chi connectivity index (χ1) is 13.7. The number of amides is 1.